The molecule has 4 N–H and O–H groups in total. The lowest BCUT2D eigenvalue weighted by atomic mass is 10.0. The molecule has 28 heavy (non-hydrogen) atoms. The molecule has 0 fully saturated rings. The second-order valence-electron chi connectivity index (χ2n) is 6.85. The lowest BCUT2D eigenvalue weighted by Crippen LogP contribution is -2.31. The highest BCUT2D eigenvalue weighted by Crippen LogP contribution is 2.31. The third-order valence-electron chi connectivity index (χ3n) is 4.81. The molecule has 0 aliphatic heterocycles. The minimum atomic E-state index is -0.303. The maximum absolute atomic E-state index is 13.8. The molecule has 2 aromatic rings. The van der Waals surface area contributed by atoms with Gasteiger partial charge in [0.25, 0.3) is 0 Å². The highest BCUT2D eigenvalue weighted by Gasteiger charge is 2.23. The Kier molecular flexibility index (Phi) is 6.39. The Labute approximate surface area is 167 Å². The van der Waals surface area contributed by atoms with Gasteiger partial charge in [-0.15, -0.1) is 11.3 Å². The van der Waals surface area contributed by atoms with E-state index < -0.39 is 0 Å². The molecule has 1 aliphatic rings. The Hall–Kier alpha value is -2.35. The van der Waals surface area contributed by atoms with Crippen LogP contribution in [0.2, 0.25) is 0 Å². The van der Waals surface area contributed by atoms with Crippen molar-refractivity contribution >= 4 is 22.8 Å². The van der Waals surface area contributed by atoms with Crippen molar-refractivity contribution in [3.63, 3.8) is 0 Å². The maximum Gasteiger partial charge on any atom is 0.248 e. The molecule has 1 aromatic carbocycles. The van der Waals surface area contributed by atoms with Gasteiger partial charge < -0.3 is 16.2 Å². The zero-order chi connectivity index (χ0) is 20.3. The molecule has 148 valence electrons. The van der Waals surface area contributed by atoms with Crippen LogP contribution < -0.4 is 11.1 Å². The summed E-state index contributed by atoms with van der Waals surface area (Å²) >= 11 is 1.39. The highest BCUT2D eigenvalue weighted by molar-refractivity contribution is 7.11. The van der Waals surface area contributed by atoms with Gasteiger partial charge in [0.15, 0.2) is 0 Å². The molecule has 0 bridgehead atoms. The Bertz CT molecular complexity index is 949. The van der Waals surface area contributed by atoms with E-state index in [1.807, 2.05) is 19.1 Å². The average molecular weight is 402 g/mol. The number of aliphatic hydroxyl groups excluding tert-OH is 1. The van der Waals surface area contributed by atoms with E-state index in [0.717, 1.165) is 26.7 Å². The number of carbonyl (C=O) groups is 1. The number of aromatic nitrogens is 1. The van der Waals surface area contributed by atoms with E-state index in [9.17, 15) is 14.3 Å². The SMILES string of the molecule is Cc1ccc(C2=CC=C(C(=O)NC(CCN)c3nc(C)c(CO)s3)C2)cc1F. The number of rotatable bonds is 7. The molecule has 0 radical (unpaired) electrons. The minimum Gasteiger partial charge on any atom is -0.391 e. The maximum atomic E-state index is 13.8. The van der Waals surface area contributed by atoms with Crippen molar-refractivity contribution in [1.29, 1.82) is 0 Å². The third-order valence-corrected chi connectivity index (χ3v) is 6.07. The number of allylic oxidation sites excluding steroid dienone is 3. The first kappa shape index (κ1) is 20.4. The summed E-state index contributed by atoms with van der Waals surface area (Å²) < 4.78 is 13.8. The number of aliphatic hydroxyl groups is 1. The Morgan fingerprint density at radius 3 is 2.82 bits per heavy atom. The summed E-state index contributed by atoms with van der Waals surface area (Å²) in [7, 11) is 0. The quantitative estimate of drug-likeness (QED) is 0.664. The first-order chi connectivity index (χ1) is 13.4. The van der Waals surface area contributed by atoms with Crippen LogP contribution in [0, 0.1) is 19.7 Å². The van der Waals surface area contributed by atoms with E-state index >= 15 is 0 Å². The first-order valence-electron chi connectivity index (χ1n) is 9.17. The molecule has 1 aromatic heterocycles. The second-order valence-corrected chi connectivity index (χ2v) is 7.96. The molecular formula is C21H24FN3O2S. The van der Waals surface area contributed by atoms with Crippen LogP contribution in [0.4, 0.5) is 4.39 Å². The molecule has 5 nitrogen and oxygen atoms in total. The van der Waals surface area contributed by atoms with Crippen molar-refractivity contribution in [3.8, 4) is 0 Å². The zero-order valence-corrected chi connectivity index (χ0v) is 16.8. The molecule has 1 atom stereocenters. The van der Waals surface area contributed by atoms with Gasteiger partial charge in [-0.3, -0.25) is 4.79 Å². The monoisotopic (exact) mass is 401 g/mol. The summed E-state index contributed by atoms with van der Waals surface area (Å²) in [6.07, 6.45) is 4.63. The molecule has 1 unspecified atom stereocenters. The fourth-order valence-electron chi connectivity index (χ4n) is 3.09. The van der Waals surface area contributed by atoms with Crippen LogP contribution in [0.1, 0.15) is 45.6 Å². The van der Waals surface area contributed by atoms with E-state index in [1.165, 1.54) is 17.4 Å². The van der Waals surface area contributed by atoms with Crippen LogP contribution in [0.3, 0.4) is 0 Å². The van der Waals surface area contributed by atoms with E-state index in [1.54, 1.807) is 19.1 Å². The first-order valence-corrected chi connectivity index (χ1v) is 9.98. The highest BCUT2D eigenvalue weighted by atomic mass is 32.1. The standard InChI is InChI=1S/C21H24FN3O2S/c1-12-3-4-15(10-17(12)22)14-5-6-16(9-14)20(27)25-18(7-8-23)21-24-13(2)19(11-26)28-21/h3-6,10,18,26H,7-9,11,23H2,1-2H3,(H,25,27). The van der Waals surface area contributed by atoms with Crippen LogP contribution >= 0.6 is 11.3 Å². The van der Waals surface area contributed by atoms with Crippen molar-refractivity contribution in [2.45, 2.75) is 39.3 Å². The van der Waals surface area contributed by atoms with Gasteiger partial charge in [0, 0.05) is 12.0 Å². The predicted molar refractivity (Wildman–Crippen MR) is 109 cm³/mol. The summed E-state index contributed by atoms with van der Waals surface area (Å²) in [5, 5.41) is 13.1. The Balaban J connectivity index is 1.68. The van der Waals surface area contributed by atoms with Crippen molar-refractivity contribution < 1.29 is 14.3 Å². The van der Waals surface area contributed by atoms with E-state index in [2.05, 4.69) is 10.3 Å². The van der Waals surface area contributed by atoms with E-state index in [0.29, 0.717) is 30.5 Å². The van der Waals surface area contributed by atoms with Crippen molar-refractivity contribution in [1.82, 2.24) is 10.3 Å². The van der Waals surface area contributed by atoms with Crippen molar-refractivity contribution in [3.05, 3.63) is 68.4 Å². The third kappa shape index (κ3) is 4.38. The number of thiazole rings is 1. The van der Waals surface area contributed by atoms with Gasteiger partial charge in [-0.05, 0) is 49.6 Å². The number of hydrogen-bond acceptors (Lipinski definition) is 5. The van der Waals surface area contributed by atoms with Crippen LogP contribution in [0.5, 0.6) is 0 Å². The number of carbonyl (C=O) groups excluding carboxylic acids is 1. The lowest BCUT2D eigenvalue weighted by molar-refractivity contribution is -0.118. The van der Waals surface area contributed by atoms with Crippen LogP contribution in [0.25, 0.3) is 5.57 Å². The second kappa shape index (κ2) is 8.77. The Morgan fingerprint density at radius 1 is 1.39 bits per heavy atom. The number of benzene rings is 1. The van der Waals surface area contributed by atoms with Crippen molar-refractivity contribution in [2.75, 3.05) is 6.54 Å². The number of nitrogens with two attached hydrogens (primary N) is 1. The molecule has 1 heterocycles. The smallest absolute Gasteiger partial charge is 0.248 e. The summed E-state index contributed by atoms with van der Waals surface area (Å²) in [6, 6.07) is 4.81. The number of nitrogens with one attached hydrogen (secondary N) is 1. The van der Waals surface area contributed by atoms with Gasteiger partial charge >= 0.3 is 0 Å². The molecule has 7 heteroatoms. The molecular weight excluding hydrogens is 377 g/mol. The topological polar surface area (TPSA) is 88.2 Å². The van der Waals surface area contributed by atoms with Gasteiger partial charge in [0.05, 0.1) is 23.2 Å². The number of nitrogens with zero attached hydrogens (tertiary/aromatic N) is 1. The zero-order valence-electron chi connectivity index (χ0n) is 16.0. The van der Waals surface area contributed by atoms with Crippen LogP contribution in [0.15, 0.2) is 35.9 Å². The van der Waals surface area contributed by atoms with Gasteiger partial charge in [-0.1, -0.05) is 24.3 Å². The van der Waals surface area contributed by atoms with Gasteiger partial charge in [0.2, 0.25) is 5.91 Å². The molecule has 1 aliphatic carbocycles. The molecule has 0 saturated carbocycles. The summed E-state index contributed by atoms with van der Waals surface area (Å²) in [5.41, 5.74) is 9.39. The fraction of sp³-hybridized carbons (Fsp3) is 0.333. The minimum absolute atomic E-state index is 0.0711. The summed E-state index contributed by atoms with van der Waals surface area (Å²) in [6.45, 7) is 3.89. The Morgan fingerprint density at radius 2 is 2.18 bits per heavy atom. The number of halogens is 1. The summed E-state index contributed by atoms with van der Waals surface area (Å²) in [5.74, 6) is -0.436. The largest absolute Gasteiger partial charge is 0.391 e. The van der Waals surface area contributed by atoms with Crippen LogP contribution in [-0.2, 0) is 11.4 Å². The van der Waals surface area contributed by atoms with Gasteiger partial charge in [0.1, 0.15) is 10.8 Å². The van der Waals surface area contributed by atoms with Gasteiger partial charge in [-0.25, -0.2) is 9.37 Å². The fourth-order valence-corrected chi connectivity index (χ4v) is 4.10. The average Bonchev–Trinajstić information content (AvgIpc) is 3.30. The number of aryl methyl sites for hydroxylation is 2. The predicted octanol–water partition coefficient (Wildman–Crippen LogP) is 3.31. The van der Waals surface area contributed by atoms with Crippen molar-refractivity contribution in [2.24, 2.45) is 5.73 Å². The van der Waals surface area contributed by atoms with Gasteiger partial charge in [-0.2, -0.15) is 0 Å². The molecule has 1 amide bonds. The molecule has 3 rings (SSSR count). The normalized spacial score (nSPS) is 14.6. The number of hydrogen-bond donors (Lipinski definition) is 3. The van der Waals surface area contributed by atoms with E-state index in [-0.39, 0.29) is 24.4 Å². The number of amides is 1. The lowest BCUT2D eigenvalue weighted by Gasteiger charge is -2.16. The van der Waals surface area contributed by atoms with E-state index in [4.69, 9.17) is 5.73 Å². The summed E-state index contributed by atoms with van der Waals surface area (Å²) in [4.78, 5) is 18.0. The molecule has 0 saturated heterocycles. The van der Waals surface area contributed by atoms with Crippen LogP contribution in [-0.4, -0.2) is 22.5 Å². The molecule has 0 spiro atoms.